The number of aromatic nitrogens is 1. The summed E-state index contributed by atoms with van der Waals surface area (Å²) in [5.74, 6) is -2.28. The topological polar surface area (TPSA) is 128 Å². The largest absolute Gasteiger partial charge is 0.478 e. The minimum Gasteiger partial charge on any atom is -0.478 e. The first-order valence-corrected chi connectivity index (χ1v) is 17.4. The summed E-state index contributed by atoms with van der Waals surface area (Å²) >= 11 is 7.88. The average molecular weight is 733 g/mol. The molecule has 262 valence electrons. The van der Waals surface area contributed by atoms with Crippen molar-refractivity contribution in [1.29, 1.82) is 0 Å². The number of halogens is 3. The van der Waals surface area contributed by atoms with Crippen molar-refractivity contribution in [3.63, 3.8) is 0 Å². The summed E-state index contributed by atoms with van der Waals surface area (Å²) in [7, 11) is 0. The number of aromatic carboxylic acids is 1. The number of hydrogen-bond donors (Lipinski definition) is 2. The predicted molar refractivity (Wildman–Crippen MR) is 188 cm³/mol. The van der Waals surface area contributed by atoms with Gasteiger partial charge in [0.15, 0.2) is 10.8 Å². The summed E-state index contributed by atoms with van der Waals surface area (Å²) < 4.78 is 34.9. The van der Waals surface area contributed by atoms with Crippen LogP contribution in [0.3, 0.4) is 0 Å². The quantitative estimate of drug-likeness (QED) is 0.202. The monoisotopic (exact) mass is 732 g/mol. The molecule has 2 N–H and O–H groups in total. The number of piperazine rings is 1. The van der Waals surface area contributed by atoms with Gasteiger partial charge in [0.05, 0.1) is 23.8 Å². The van der Waals surface area contributed by atoms with Crippen LogP contribution in [-0.4, -0.2) is 89.1 Å². The number of nitrogens with zero attached hydrogens (tertiary/aromatic N) is 5. The van der Waals surface area contributed by atoms with E-state index in [9.17, 15) is 23.9 Å². The summed E-state index contributed by atoms with van der Waals surface area (Å²) in [4.78, 5) is 53.0. The molecule has 51 heavy (non-hydrogen) atoms. The number of fused-ring (bicyclic) bond motifs is 1. The lowest BCUT2D eigenvalue weighted by Crippen LogP contribution is -2.53. The van der Waals surface area contributed by atoms with Gasteiger partial charge in [0.25, 0.3) is 0 Å². The molecule has 11 nitrogen and oxygen atoms in total. The number of benzene rings is 3. The molecule has 0 aliphatic carbocycles. The van der Waals surface area contributed by atoms with E-state index in [4.69, 9.17) is 21.3 Å². The Bertz CT molecular complexity index is 2080. The van der Waals surface area contributed by atoms with E-state index in [0.29, 0.717) is 59.5 Å². The summed E-state index contributed by atoms with van der Waals surface area (Å²) in [6.07, 6.45) is 1.65. The van der Waals surface area contributed by atoms with Crippen LogP contribution in [0.4, 0.5) is 19.3 Å². The Morgan fingerprint density at radius 2 is 1.88 bits per heavy atom. The maximum atomic E-state index is 15.4. The number of nitrogens with one attached hydrogen (secondary N) is 1. The Hall–Kier alpha value is -5.18. The van der Waals surface area contributed by atoms with Crippen LogP contribution in [-0.2, 0) is 9.53 Å². The Morgan fingerprint density at radius 1 is 1.08 bits per heavy atom. The van der Waals surface area contributed by atoms with E-state index in [0.717, 1.165) is 0 Å². The molecule has 4 aromatic rings. The second-order valence-corrected chi connectivity index (χ2v) is 13.4. The number of carboxylic acids is 1. The van der Waals surface area contributed by atoms with Crippen LogP contribution in [0.5, 0.6) is 0 Å². The molecule has 2 saturated heterocycles. The molecule has 3 aliphatic heterocycles. The van der Waals surface area contributed by atoms with E-state index in [-0.39, 0.29) is 46.9 Å². The van der Waals surface area contributed by atoms with Crippen LogP contribution in [0, 0.1) is 11.6 Å². The van der Waals surface area contributed by atoms with Gasteiger partial charge in [-0.3, -0.25) is 14.8 Å². The number of carbonyl (C=O) groups is 3. The normalized spacial score (nSPS) is 19.1. The van der Waals surface area contributed by atoms with E-state index in [1.54, 1.807) is 47.2 Å². The van der Waals surface area contributed by atoms with Crippen molar-refractivity contribution in [2.75, 3.05) is 44.2 Å². The Balaban J connectivity index is 1.13. The molecule has 7 rings (SSSR count). The van der Waals surface area contributed by atoms with Crippen LogP contribution in [0.1, 0.15) is 33.9 Å². The fourth-order valence-corrected chi connectivity index (χ4v) is 7.48. The molecule has 4 heterocycles. The summed E-state index contributed by atoms with van der Waals surface area (Å²) in [6, 6.07) is 13.1. The van der Waals surface area contributed by atoms with Gasteiger partial charge in [-0.05, 0) is 55.0 Å². The second-order valence-electron chi connectivity index (χ2n) is 12.1. The van der Waals surface area contributed by atoms with Gasteiger partial charge in [-0.2, -0.15) is 0 Å². The second kappa shape index (κ2) is 14.2. The van der Waals surface area contributed by atoms with E-state index in [1.165, 1.54) is 47.7 Å². The van der Waals surface area contributed by atoms with Crippen LogP contribution in [0.2, 0.25) is 5.02 Å². The number of rotatable bonds is 9. The van der Waals surface area contributed by atoms with Crippen molar-refractivity contribution >= 4 is 52.4 Å². The minimum atomic E-state index is -1.07. The maximum Gasteiger partial charge on any atom is 0.338 e. The molecule has 15 heteroatoms. The molecule has 3 aliphatic rings. The number of carboxylic acid groups (broad SMARTS) is 1. The van der Waals surface area contributed by atoms with Crippen molar-refractivity contribution in [3.05, 3.63) is 116 Å². The molecule has 0 saturated carbocycles. The average Bonchev–Trinajstić information content (AvgIpc) is 3.77. The van der Waals surface area contributed by atoms with Gasteiger partial charge in [-0.15, -0.1) is 11.3 Å². The first-order valence-electron chi connectivity index (χ1n) is 16.1. The first kappa shape index (κ1) is 34.3. The maximum absolute atomic E-state index is 15.4. The zero-order chi connectivity index (χ0) is 35.8. The molecule has 0 spiro atoms. The van der Waals surface area contributed by atoms with Crippen LogP contribution >= 0.6 is 22.9 Å². The molecular weight excluding hydrogens is 702 g/mol. The lowest BCUT2D eigenvalue weighted by Gasteiger charge is -2.38. The summed E-state index contributed by atoms with van der Waals surface area (Å²) in [5, 5.41) is 15.0. The van der Waals surface area contributed by atoms with E-state index < -0.39 is 29.6 Å². The molecule has 0 radical (unpaired) electrons. The molecule has 2 atom stereocenters. The third kappa shape index (κ3) is 6.81. The molecule has 2 fully saturated rings. The third-order valence-electron chi connectivity index (χ3n) is 9.04. The van der Waals surface area contributed by atoms with Gasteiger partial charge in [0.1, 0.15) is 17.7 Å². The highest BCUT2D eigenvalue weighted by Gasteiger charge is 2.42. The van der Waals surface area contributed by atoms with Gasteiger partial charge in [0.2, 0.25) is 0 Å². The number of amidine groups is 1. The molecule has 1 aromatic heterocycles. The fourth-order valence-electron chi connectivity index (χ4n) is 6.62. The third-order valence-corrected chi connectivity index (χ3v) is 10.1. The van der Waals surface area contributed by atoms with Crippen LogP contribution in [0.25, 0.3) is 11.1 Å². The number of anilines is 1. The standard InChI is InChI=1S/C36H31ClF2N6O5S/c1-2-50-35(48)30-29(41-32(33-40-11-14-51-33)42-31(30)26-9-7-22(38)15-27(26)37)19-43-12-13-44-24(17-43)18-45(36(44)49)23-8-10-25(28(39)16-23)20-3-5-21(6-4-20)34(46)47/h3-11,14-16,24,31H,2,12-13,17-19H2,1H3,(H,41,42)(H,46,47)/t24-,31-/m0/s1. The van der Waals surface area contributed by atoms with Gasteiger partial charge < -0.3 is 20.1 Å². The zero-order valence-electron chi connectivity index (χ0n) is 27.2. The summed E-state index contributed by atoms with van der Waals surface area (Å²) in [6.45, 7) is 3.78. The Labute approximate surface area is 300 Å². The van der Waals surface area contributed by atoms with Crippen molar-refractivity contribution in [2.45, 2.75) is 19.0 Å². The number of hydrogen-bond acceptors (Lipinski definition) is 9. The molecular formula is C36H31ClF2N6O5S. The lowest BCUT2D eigenvalue weighted by molar-refractivity contribution is -0.139. The molecule has 0 unspecified atom stereocenters. The predicted octanol–water partition coefficient (Wildman–Crippen LogP) is 5.97. The minimum absolute atomic E-state index is 0.0991. The molecule has 2 amide bonds. The van der Waals surface area contributed by atoms with Gasteiger partial charge >= 0.3 is 18.0 Å². The van der Waals surface area contributed by atoms with Crippen molar-refractivity contribution in [2.24, 2.45) is 4.99 Å². The Morgan fingerprint density at radius 3 is 2.57 bits per heavy atom. The van der Waals surface area contributed by atoms with Crippen LogP contribution in [0.15, 0.2) is 88.5 Å². The smallest absolute Gasteiger partial charge is 0.338 e. The number of amides is 2. The SMILES string of the molecule is CCOC(=O)C1=C(CN2CCN3C(=O)N(c4ccc(-c5ccc(C(=O)O)cc5)c(F)c4)C[C@@H]3C2)NC(c2nccs2)=N[C@H]1c1ccc(F)cc1Cl. The highest BCUT2D eigenvalue weighted by atomic mass is 35.5. The van der Waals surface area contributed by atoms with Gasteiger partial charge in [0, 0.05) is 71.8 Å². The molecule has 3 aromatic carbocycles. The number of urea groups is 1. The lowest BCUT2D eigenvalue weighted by atomic mass is 9.95. The highest BCUT2D eigenvalue weighted by molar-refractivity contribution is 7.11. The fraction of sp³-hybridized carbons (Fsp3) is 0.250. The molecule has 0 bridgehead atoms. The highest BCUT2D eigenvalue weighted by Crippen LogP contribution is 2.38. The number of thiazole rings is 1. The number of ether oxygens (including phenoxy) is 1. The number of aliphatic imine (C=N–C) groups is 1. The Kier molecular flexibility index (Phi) is 9.55. The van der Waals surface area contributed by atoms with Crippen LogP contribution < -0.4 is 10.2 Å². The summed E-state index contributed by atoms with van der Waals surface area (Å²) in [5.41, 5.74) is 2.53. The van der Waals surface area contributed by atoms with Gasteiger partial charge in [-0.25, -0.2) is 28.1 Å². The van der Waals surface area contributed by atoms with Crippen molar-refractivity contribution < 1.29 is 33.0 Å². The number of esters is 1. The van der Waals surface area contributed by atoms with Crippen molar-refractivity contribution in [3.8, 4) is 11.1 Å². The van der Waals surface area contributed by atoms with E-state index >= 15 is 4.39 Å². The van der Waals surface area contributed by atoms with Crippen molar-refractivity contribution in [1.82, 2.24) is 20.1 Å². The zero-order valence-corrected chi connectivity index (χ0v) is 28.8. The van der Waals surface area contributed by atoms with E-state index in [2.05, 4.69) is 15.2 Å². The van der Waals surface area contributed by atoms with E-state index in [1.807, 2.05) is 5.38 Å². The first-order chi connectivity index (χ1) is 24.6. The number of carbonyl (C=O) groups excluding carboxylic acids is 2. The van der Waals surface area contributed by atoms with Gasteiger partial charge in [-0.1, -0.05) is 29.8 Å².